The summed E-state index contributed by atoms with van der Waals surface area (Å²) in [6.45, 7) is 8.32. The summed E-state index contributed by atoms with van der Waals surface area (Å²) in [5.74, 6) is 0.845. The van der Waals surface area contributed by atoms with Crippen molar-refractivity contribution in [1.29, 1.82) is 0 Å². The van der Waals surface area contributed by atoms with Crippen molar-refractivity contribution in [2.45, 2.75) is 45.4 Å². The van der Waals surface area contributed by atoms with Crippen LogP contribution in [0.1, 0.15) is 54.4 Å². The lowest BCUT2D eigenvalue weighted by molar-refractivity contribution is 0.417. The van der Waals surface area contributed by atoms with Gasteiger partial charge in [-0.3, -0.25) is 0 Å². The van der Waals surface area contributed by atoms with Gasteiger partial charge in [0.2, 0.25) is 0 Å². The van der Waals surface area contributed by atoms with E-state index in [1.54, 1.807) is 5.56 Å². The number of hydrogen-bond donors (Lipinski definition) is 0. The van der Waals surface area contributed by atoms with Gasteiger partial charge in [-0.1, -0.05) is 38.1 Å². The van der Waals surface area contributed by atoms with Gasteiger partial charge in [0.1, 0.15) is 0 Å². The highest BCUT2D eigenvalue weighted by molar-refractivity contribution is 5.55. The monoisotopic (exact) mass is 200 g/mol. The lowest BCUT2D eigenvalue weighted by atomic mass is 9.77. The molecule has 15 heavy (non-hydrogen) atoms. The summed E-state index contributed by atoms with van der Waals surface area (Å²) >= 11 is 0. The highest BCUT2D eigenvalue weighted by Crippen LogP contribution is 2.39. The molecule has 0 aromatic heterocycles. The van der Waals surface area contributed by atoms with Crippen LogP contribution in [-0.2, 0) is 6.42 Å². The molecule has 0 amide bonds. The van der Waals surface area contributed by atoms with E-state index in [0.29, 0.717) is 0 Å². The average Bonchev–Trinajstić information content (AvgIpc) is 2.16. The average molecular weight is 200 g/mol. The van der Waals surface area contributed by atoms with Crippen molar-refractivity contribution < 1.29 is 0 Å². The SMILES string of the molecule is C=Cc1cc(CC)c(C2CCC2)cc1C. The largest absolute Gasteiger partial charge is 0.0985 e. The summed E-state index contributed by atoms with van der Waals surface area (Å²) < 4.78 is 0. The quantitative estimate of drug-likeness (QED) is 0.675. The Hall–Kier alpha value is -1.04. The van der Waals surface area contributed by atoms with E-state index < -0.39 is 0 Å². The molecule has 0 N–H and O–H groups in total. The molecule has 0 saturated heterocycles. The Kier molecular flexibility index (Phi) is 2.95. The van der Waals surface area contributed by atoms with Gasteiger partial charge in [-0.05, 0) is 54.4 Å². The normalized spacial score (nSPS) is 16.1. The van der Waals surface area contributed by atoms with E-state index in [2.05, 4.69) is 32.6 Å². The highest BCUT2D eigenvalue weighted by Gasteiger charge is 2.22. The van der Waals surface area contributed by atoms with E-state index >= 15 is 0 Å². The lowest BCUT2D eigenvalue weighted by Crippen LogP contribution is -2.11. The first-order valence-electron chi connectivity index (χ1n) is 6.02. The molecule has 1 saturated carbocycles. The third-order valence-electron chi connectivity index (χ3n) is 3.67. The van der Waals surface area contributed by atoms with Crippen molar-refractivity contribution in [1.82, 2.24) is 0 Å². The van der Waals surface area contributed by atoms with E-state index in [1.807, 2.05) is 6.08 Å². The molecule has 0 unspecified atom stereocenters. The maximum absolute atomic E-state index is 3.88. The fourth-order valence-electron chi connectivity index (χ4n) is 2.42. The maximum Gasteiger partial charge on any atom is -0.0159 e. The van der Waals surface area contributed by atoms with Gasteiger partial charge in [0.15, 0.2) is 0 Å². The van der Waals surface area contributed by atoms with Gasteiger partial charge in [0.05, 0.1) is 0 Å². The Morgan fingerprint density at radius 3 is 2.60 bits per heavy atom. The number of aryl methyl sites for hydroxylation is 2. The summed E-state index contributed by atoms with van der Waals surface area (Å²) in [6.07, 6.45) is 7.31. The Bertz CT molecular complexity index is 370. The van der Waals surface area contributed by atoms with Gasteiger partial charge in [-0.25, -0.2) is 0 Å². The molecule has 2 rings (SSSR count). The van der Waals surface area contributed by atoms with E-state index in [-0.39, 0.29) is 0 Å². The minimum Gasteiger partial charge on any atom is -0.0985 e. The molecule has 0 radical (unpaired) electrons. The third kappa shape index (κ3) is 1.86. The second-order valence-corrected chi connectivity index (χ2v) is 4.59. The summed E-state index contributed by atoms with van der Waals surface area (Å²) in [5.41, 5.74) is 5.81. The molecule has 0 nitrogen and oxygen atoms in total. The van der Waals surface area contributed by atoms with E-state index in [4.69, 9.17) is 0 Å². The Morgan fingerprint density at radius 2 is 2.13 bits per heavy atom. The molecule has 1 aromatic carbocycles. The zero-order valence-electron chi connectivity index (χ0n) is 9.84. The van der Waals surface area contributed by atoms with Crippen LogP contribution in [-0.4, -0.2) is 0 Å². The molecule has 0 aliphatic heterocycles. The van der Waals surface area contributed by atoms with Crippen LogP contribution in [0.2, 0.25) is 0 Å². The smallest absolute Gasteiger partial charge is 0.0159 e. The molecule has 0 spiro atoms. The van der Waals surface area contributed by atoms with Gasteiger partial charge in [-0.15, -0.1) is 0 Å². The Labute approximate surface area is 93.0 Å². The maximum atomic E-state index is 3.88. The van der Waals surface area contributed by atoms with Crippen LogP contribution in [0.25, 0.3) is 6.08 Å². The highest BCUT2D eigenvalue weighted by atomic mass is 14.3. The van der Waals surface area contributed by atoms with E-state index in [1.165, 1.54) is 36.0 Å². The molecule has 0 atom stereocenters. The van der Waals surface area contributed by atoms with E-state index in [9.17, 15) is 0 Å². The molecule has 0 heteroatoms. The Balaban J connectivity index is 2.43. The van der Waals surface area contributed by atoms with Gasteiger partial charge < -0.3 is 0 Å². The lowest BCUT2D eigenvalue weighted by Gasteiger charge is -2.28. The molecule has 1 aliphatic carbocycles. The minimum atomic E-state index is 0.845. The molecule has 80 valence electrons. The predicted molar refractivity (Wildman–Crippen MR) is 67.2 cm³/mol. The summed E-state index contributed by atoms with van der Waals surface area (Å²) in [6, 6.07) is 4.72. The van der Waals surface area contributed by atoms with Gasteiger partial charge >= 0.3 is 0 Å². The molecule has 1 aromatic rings. The van der Waals surface area contributed by atoms with Crippen LogP contribution in [0.15, 0.2) is 18.7 Å². The van der Waals surface area contributed by atoms with Crippen molar-refractivity contribution in [3.8, 4) is 0 Å². The standard InChI is InChI=1S/C15H20/c1-4-12-10-13(5-2)15(9-11(12)3)14-7-6-8-14/h4,9-10,14H,1,5-8H2,2-3H3. The fraction of sp³-hybridized carbons (Fsp3) is 0.467. The van der Waals surface area contributed by atoms with Crippen LogP contribution in [0.4, 0.5) is 0 Å². The topological polar surface area (TPSA) is 0 Å². The van der Waals surface area contributed by atoms with Gasteiger partial charge in [0.25, 0.3) is 0 Å². The van der Waals surface area contributed by atoms with Gasteiger partial charge in [0, 0.05) is 0 Å². The van der Waals surface area contributed by atoms with Crippen molar-refractivity contribution in [3.05, 3.63) is 41.0 Å². The molecule has 0 heterocycles. The van der Waals surface area contributed by atoms with Crippen LogP contribution >= 0.6 is 0 Å². The fourth-order valence-corrected chi connectivity index (χ4v) is 2.42. The molecular weight excluding hydrogens is 180 g/mol. The predicted octanol–water partition coefficient (Wildman–Crippen LogP) is 4.47. The van der Waals surface area contributed by atoms with Crippen molar-refractivity contribution in [3.63, 3.8) is 0 Å². The van der Waals surface area contributed by atoms with E-state index in [0.717, 1.165) is 12.3 Å². The molecular formula is C15H20. The first-order valence-corrected chi connectivity index (χ1v) is 6.02. The zero-order chi connectivity index (χ0) is 10.8. The number of rotatable bonds is 3. The second-order valence-electron chi connectivity index (χ2n) is 4.59. The number of hydrogen-bond acceptors (Lipinski definition) is 0. The summed E-state index contributed by atoms with van der Waals surface area (Å²) in [5, 5.41) is 0. The van der Waals surface area contributed by atoms with Crippen LogP contribution < -0.4 is 0 Å². The van der Waals surface area contributed by atoms with Crippen LogP contribution in [0, 0.1) is 6.92 Å². The van der Waals surface area contributed by atoms with Crippen molar-refractivity contribution in [2.24, 2.45) is 0 Å². The second kappa shape index (κ2) is 4.22. The Morgan fingerprint density at radius 1 is 1.40 bits per heavy atom. The first-order chi connectivity index (χ1) is 7.26. The van der Waals surface area contributed by atoms with Crippen molar-refractivity contribution >= 4 is 6.08 Å². The first kappa shape index (κ1) is 10.5. The van der Waals surface area contributed by atoms with Crippen molar-refractivity contribution in [2.75, 3.05) is 0 Å². The zero-order valence-corrected chi connectivity index (χ0v) is 9.84. The van der Waals surface area contributed by atoms with Crippen LogP contribution in [0.5, 0.6) is 0 Å². The molecule has 0 bridgehead atoms. The summed E-state index contributed by atoms with van der Waals surface area (Å²) in [4.78, 5) is 0. The molecule has 1 fully saturated rings. The minimum absolute atomic E-state index is 0.845. The number of benzene rings is 1. The third-order valence-corrected chi connectivity index (χ3v) is 3.67. The van der Waals surface area contributed by atoms with Crippen LogP contribution in [0.3, 0.4) is 0 Å². The van der Waals surface area contributed by atoms with Gasteiger partial charge in [-0.2, -0.15) is 0 Å². The molecule has 1 aliphatic rings. The summed E-state index contributed by atoms with van der Waals surface area (Å²) in [7, 11) is 0.